The second kappa shape index (κ2) is 4.86. The van der Waals surface area contributed by atoms with Gasteiger partial charge in [-0.05, 0) is 6.07 Å². The van der Waals surface area contributed by atoms with Crippen LogP contribution in [0.5, 0.6) is 11.5 Å². The SMILES string of the molecule is COc1cccc(CNC(C)C)c1O. The summed E-state index contributed by atoms with van der Waals surface area (Å²) in [7, 11) is 1.55. The molecule has 2 N–H and O–H groups in total. The lowest BCUT2D eigenvalue weighted by atomic mass is 10.2. The zero-order chi connectivity index (χ0) is 10.6. The normalized spacial score (nSPS) is 10.6. The molecule has 1 aromatic carbocycles. The van der Waals surface area contributed by atoms with Gasteiger partial charge in [-0.2, -0.15) is 0 Å². The van der Waals surface area contributed by atoms with Gasteiger partial charge in [0, 0.05) is 18.2 Å². The Kier molecular flexibility index (Phi) is 3.77. The zero-order valence-electron chi connectivity index (χ0n) is 8.87. The summed E-state index contributed by atoms with van der Waals surface area (Å²) in [6, 6.07) is 5.90. The van der Waals surface area contributed by atoms with Crippen molar-refractivity contribution in [1.29, 1.82) is 0 Å². The predicted molar refractivity (Wildman–Crippen MR) is 56.6 cm³/mol. The summed E-state index contributed by atoms with van der Waals surface area (Å²) >= 11 is 0. The minimum atomic E-state index is 0.225. The summed E-state index contributed by atoms with van der Waals surface area (Å²) in [6.07, 6.45) is 0. The average Bonchev–Trinajstić information content (AvgIpc) is 2.16. The smallest absolute Gasteiger partial charge is 0.162 e. The first-order valence-electron chi connectivity index (χ1n) is 4.73. The number of methoxy groups -OCH3 is 1. The Morgan fingerprint density at radius 1 is 1.43 bits per heavy atom. The van der Waals surface area contributed by atoms with E-state index in [2.05, 4.69) is 19.2 Å². The van der Waals surface area contributed by atoms with Gasteiger partial charge in [0.1, 0.15) is 0 Å². The fraction of sp³-hybridized carbons (Fsp3) is 0.455. The maximum atomic E-state index is 9.74. The van der Waals surface area contributed by atoms with Gasteiger partial charge in [0.15, 0.2) is 11.5 Å². The van der Waals surface area contributed by atoms with Gasteiger partial charge in [-0.15, -0.1) is 0 Å². The number of aromatic hydroxyl groups is 1. The number of rotatable bonds is 4. The van der Waals surface area contributed by atoms with Crippen LogP contribution in [0.4, 0.5) is 0 Å². The lowest BCUT2D eigenvalue weighted by Crippen LogP contribution is -2.21. The predicted octanol–water partition coefficient (Wildman–Crippen LogP) is 1.90. The topological polar surface area (TPSA) is 41.5 Å². The molecule has 0 atom stereocenters. The Morgan fingerprint density at radius 2 is 2.14 bits per heavy atom. The van der Waals surface area contributed by atoms with Crippen molar-refractivity contribution in [3.8, 4) is 11.5 Å². The van der Waals surface area contributed by atoms with E-state index >= 15 is 0 Å². The molecule has 0 aliphatic heterocycles. The molecule has 0 radical (unpaired) electrons. The van der Waals surface area contributed by atoms with Crippen molar-refractivity contribution in [2.75, 3.05) is 7.11 Å². The highest BCUT2D eigenvalue weighted by molar-refractivity contribution is 5.45. The molecular formula is C11H17NO2. The summed E-state index contributed by atoms with van der Waals surface area (Å²) in [5.74, 6) is 0.746. The van der Waals surface area contributed by atoms with E-state index in [1.54, 1.807) is 13.2 Å². The number of benzene rings is 1. The monoisotopic (exact) mass is 195 g/mol. The van der Waals surface area contributed by atoms with Crippen LogP contribution < -0.4 is 10.1 Å². The molecule has 78 valence electrons. The first-order valence-corrected chi connectivity index (χ1v) is 4.73. The van der Waals surface area contributed by atoms with E-state index in [1.807, 2.05) is 12.1 Å². The van der Waals surface area contributed by atoms with Crippen molar-refractivity contribution in [2.24, 2.45) is 0 Å². The molecule has 0 fully saturated rings. The van der Waals surface area contributed by atoms with E-state index in [4.69, 9.17) is 4.74 Å². The van der Waals surface area contributed by atoms with Gasteiger partial charge < -0.3 is 15.2 Å². The van der Waals surface area contributed by atoms with Crippen LogP contribution in [-0.2, 0) is 6.54 Å². The van der Waals surface area contributed by atoms with E-state index in [-0.39, 0.29) is 5.75 Å². The highest BCUT2D eigenvalue weighted by atomic mass is 16.5. The molecule has 0 spiro atoms. The van der Waals surface area contributed by atoms with Gasteiger partial charge in [-0.25, -0.2) is 0 Å². The van der Waals surface area contributed by atoms with E-state index in [9.17, 15) is 5.11 Å². The van der Waals surface area contributed by atoms with Crippen molar-refractivity contribution in [3.63, 3.8) is 0 Å². The lowest BCUT2D eigenvalue weighted by molar-refractivity contribution is 0.369. The van der Waals surface area contributed by atoms with Crippen molar-refractivity contribution in [2.45, 2.75) is 26.4 Å². The van der Waals surface area contributed by atoms with Gasteiger partial charge in [0.05, 0.1) is 7.11 Å². The van der Waals surface area contributed by atoms with Crippen LogP contribution in [-0.4, -0.2) is 18.3 Å². The first kappa shape index (κ1) is 10.9. The third kappa shape index (κ3) is 2.64. The summed E-state index contributed by atoms with van der Waals surface area (Å²) in [5.41, 5.74) is 0.859. The molecule has 0 amide bonds. The maximum absolute atomic E-state index is 9.74. The van der Waals surface area contributed by atoms with Crippen LogP contribution in [0.1, 0.15) is 19.4 Å². The number of ether oxygens (including phenoxy) is 1. The van der Waals surface area contributed by atoms with Crippen LogP contribution >= 0.6 is 0 Å². The lowest BCUT2D eigenvalue weighted by Gasteiger charge is -2.11. The highest BCUT2D eigenvalue weighted by Gasteiger charge is 2.06. The highest BCUT2D eigenvalue weighted by Crippen LogP contribution is 2.29. The van der Waals surface area contributed by atoms with Gasteiger partial charge >= 0.3 is 0 Å². The molecule has 0 aliphatic carbocycles. The number of hydrogen-bond acceptors (Lipinski definition) is 3. The molecule has 3 nitrogen and oxygen atoms in total. The minimum absolute atomic E-state index is 0.225. The Labute approximate surface area is 84.7 Å². The van der Waals surface area contributed by atoms with Gasteiger partial charge in [-0.1, -0.05) is 26.0 Å². The molecule has 0 unspecified atom stereocenters. The number of nitrogens with one attached hydrogen (secondary N) is 1. The summed E-state index contributed by atoms with van der Waals surface area (Å²) in [4.78, 5) is 0. The molecule has 0 saturated heterocycles. The number of phenolic OH excluding ortho intramolecular Hbond substituents is 1. The third-order valence-electron chi connectivity index (χ3n) is 2.00. The zero-order valence-corrected chi connectivity index (χ0v) is 8.87. The van der Waals surface area contributed by atoms with Crippen molar-refractivity contribution in [1.82, 2.24) is 5.32 Å². The largest absolute Gasteiger partial charge is 0.504 e. The standard InChI is InChI=1S/C11H17NO2/c1-8(2)12-7-9-5-4-6-10(14-3)11(9)13/h4-6,8,12-13H,7H2,1-3H3. The molecule has 3 heteroatoms. The molecule has 14 heavy (non-hydrogen) atoms. The van der Waals surface area contributed by atoms with Crippen LogP contribution in [0.2, 0.25) is 0 Å². The summed E-state index contributed by atoms with van der Waals surface area (Å²) < 4.78 is 5.01. The van der Waals surface area contributed by atoms with Crippen LogP contribution in [0, 0.1) is 0 Å². The number of hydrogen-bond donors (Lipinski definition) is 2. The van der Waals surface area contributed by atoms with Crippen LogP contribution in [0.25, 0.3) is 0 Å². The Bertz CT molecular complexity index is 297. The Morgan fingerprint density at radius 3 is 2.71 bits per heavy atom. The first-order chi connectivity index (χ1) is 6.65. The fourth-order valence-corrected chi connectivity index (χ4v) is 1.19. The molecule has 0 aliphatic rings. The molecule has 0 bridgehead atoms. The third-order valence-corrected chi connectivity index (χ3v) is 2.00. The van der Waals surface area contributed by atoms with Crippen LogP contribution in [0.15, 0.2) is 18.2 Å². The van der Waals surface area contributed by atoms with E-state index in [0.29, 0.717) is 18.3 Å². The van der Waals surface area contributed by atoms with Gasteiger partial charge in [0.25, 0.3) is 0 Å². The van der Waals surface area contributed by atoms with Crippen molar-refractivity contribution < 1.29 is 9.84 Å². The Balaban J connectivity index is 2.76. The molecule has 0 heterocycles. The van der Waals surface area contributed by atoms with Gasteiger partial charge in [0.2, 0.25) is 0 Å². The van der Waals surface area contributed by atoms with E-state index in [0.717, 1.165) is 5.56 Å². The van der Waals surface area contributed by atoms with Crippen molar-refractivity contribution in [3.05, 3.63) is 23.8 Å². The van der Waals surface area contributed by atoms with Crippen LogP contribution in [0.3, 0.4) is 0 Å². The summed E-state index contributed by atoms with van der Waals surface area (Å²) in [6.45, 7) is 4.79. The number of para-hydroxylation sites is 1. The second-order valence-corrected chi connectivity index (χ2v) is 3.50. The van der Waals surface area contributed by atoms with E-state index < -0.39 is 0 Å². The maximum Gasteiger partial charge on any atom is 0.162 e. The fourth-order valence-electron chi connectivity index (χ4n) is 1.19. The molecule has 1 aromatic rings. The Hall–Kier alpha value is -1.22. The average molecular weight is 195 g/mol. The molecule has 0 aromatic heterocycles. The molecule has 1 rings (SSSR count). The van der Waals surface area contributed by atoms with E-state index in [1.165, 1.54) is 0 Å². The quantitative estimate of drug-likeness (QED) is 0.771. The van der Waals surface area contributed by atoms with Crippen molar-refractivity contribution >= 4 is 0 Å². The van der Waals surface area contributed by atoms with Gasteiger partial charge in [-0.3, -0.25) is 0 Å². The molecular weight excluding hydrogens is 178 g/mol. The molecule has 0 saturated carbocycles. The summed E-state index contributed by atoms with van der Waals surface area (Å²) in [5, 5.41) is 13.0. The second-order valence-electron chi connectivity index (χ2n) is 3.50. The number of phenols is 1. The minimum Gasteiger partial charge on any atom is -0.504 e.